The molecule has 0 bridgehead atoms. The van der Waals surface area contributed by atoms with Crippen molar-refractivity contribution in [1.29, 1.82) is 0 Å². The topological polar surface area (TPSA) is 84.3 Å². The number of aryl methyl sites for hydroxylation is 2. The smallest absolute Gasteiger partial charge is 0.243 e. The third kappa shape index (κ3) is 4.95. The molecule has 1 aromatic heterocycles. The first-order valence-electron chi connectivity index (χ1n) is 11.3. The number of thioether (sulfide) groups is 1. The van der Waals surface area contributed by atoms with Crippen molar-refractivity contribution >= 4 is 44.4 Å². The number of piperidine rings is 1. The van der Waals surface area contributed by atoms with Crippen LogP contribution in [0.4, 0.5) is 5.69 Å². The van der Waals surface area contributed by atoms with Crippen molar-refractivity contribution in [2.24, 2.45) is 0 Å². The van der Waals surface area contributed by atoms with Gasteiger partial charge in [-0.25, -0.2) is 13.4 Å². The van der Waals surface area contributed by atoms with Gasteiger partial charge in [0.1, 0.15) is 0 Å². The van der Waals surface area contributed by atoms with Gasteiger partial charge in [-0.2, -0.15) is 4.31 Å². The average Bonchev–Trinajstić information content (AvgIpc) is 3.18. The number of rotatable bonds is 7. The van der Waals surface area contributed by atoms with Crippen LogP contribution < -0.4 is 5.32 Å². The molecule has 1 fully saturated rings. The molecule has 2 heterocycles. The second-order valence-corrected chi connectivity index (χ2v) is 11.2. The lowest BCUT2D eigenvalue weighted by Crippen LogP contribution is -2.35. The van der Waals surface area contributed by atoms with Gasteiger partial charge in [-0.1, -0.05) is 30.3 Å². The van der Waals surface area contributed by atoms with Gasteiger partial charge in [0.2, 0.25) is 15.9 Å². The van der Waals surface area contributed by atoms with E-state index in [-0.39, 0.29) is 16.6 Å². The molecule has 33 heavy (non-hydrogen) atoms. The molecule has 1 aliphatic rings. The number of carbonyl (C=O) groups is 1. The summed E-state index contributed by atoms with van der Waals surface area (Å²) in [7, 11) is -3.52. The summed E-state index contributed by atoms with van der Waals surface area (Å²) in [5, 5.41) is 3.68. The number of imidazole rings is 1. The van der Waals surface area contributed by atoms with E-state index in [4.69, 9.17) is 0 Å². The van der Waals surface area contributed by atoms with Crippen molar-refractivity contribution in [3.8, 4) is 0 Å². The van der Waals surface area contributed by atoms with Crippen LogP contribution in [0.25, 0.3) is 11.0 Å². The van der Waals surface area contributed by atoms with Crippen LogP contribution in [-0.2, 0) is 21.4 Å². The third-order valence-corrected chi connectivity index (χ3v) is 9.04. The minimum absolute atomic E-state index is 0.100. The van der Waals surface area contributed by atoms with Crippen molar-refractivity contribution in [3.63, 3.8) is 0 Å². The molecule has 3 aromatic rings. The quantitative estimate of drug-likeness (QED) is 0.494. The molecule has 0 atom stereocenters. The maximum atomic E-state index is 13.1. The second kappa shape index (κ2) is 9.87. The zero-order valence-electron chi connectivity index (χ0n) is 19.3. The minimum Gasteiger partial charge on any atom is -0.325 e. The van der Waals surface area contributed by atoms with Crippen LogP contribution in [0.5, 0.6) is 0 Å². The lowest BCUT2D eigenvalue weighted by molar-refractivity contribution is -0.113. The monoisotopic (exact) mass is 486 g/mol. The molecule has 7 nitrogen and oxygen atoms in total. The van der Waals surface area contributed by atoms with Crippen LogP contribution in [0.15, 0.2) is 46.5 Å². The van der Waals surface area contributed by atoms with E-state index in [0.29, 0.717) is 30.3 Å². The molecule has 0 saturated carbocycles. The number of benzene rings is 2. The lowest BCUT2D eigenvalue weighted by atomic mass is 10.1. The number of fused-ring (bicyclic) bond motifs is 1. The Kier molecular flexibility index (Phi) is 7.11. The van der Waals surface area contributed by atoms with Crippen LogP contribution in [-0.4, -0.2) is 47.0 Å². The maximum absolute atomic E-state index is 13.1. The summed E-state index contributed by atoms with van der Waals surface area (Å²) < 4.78 is 29.7. The molecule has 176 valence electrons. The van der Waals surface area contributed by atoms with E-state index in [1.807, 2.05) is 49.6 Å². The SMILES string of the molecule is CCn1c(SCC(=O)Nc2cccc(C)c2C)nc2cc(S(=O)(=O)N3CCCCC3)ccc21. The highest BCUT2D eigenvalue weighted by Gasteiger charge is 2.26. The Morgan fingerprint density at radius 2 is 1.88 bits per heavy atom. The number of amides is 1. The number of nitrogens with one attached hydrogen (secondary N) is 1. The van der Waals surface area contributed by atoms with Crippen LogP contribution in [0.1, 0.15) is 37.3 Å². The maximum Gasteiger partial charge on any atom is 0.243 e. The molecular formula is C24H30N4O3S2. The molecule has 1 N–H and O–H groups in total. The van der Waals surface area contributed by atoms with Crippen molar-refractivity contribution in [2.45, 2.75) is 56.6 Å². The fraction of sp³-hybridized carbons (Fsp3) is 0.417. The molecule has 1 saturated heterocycles. The van der Waals surface area contributed by atoms with Gasteiger partial charge >= 0.3 is 0 Å². The number of hydrogen-bond acceptors (Lipinski definition) is 5. The van der Waals surface area contributed by atoms with E-state index in [9.17, 15) is 13.2 Å². The Morgan fingerprint density at radius 1 is 1.12 bits per heavy atom. The van der Waals surface area contributed by atoms with Crippen molar-refractivity contribution in [1.82, 2.24) is 13.9 Å². The first-order valence-corrected chi connectivity index (χ1v) is 13.7. The van der Waals surface area contributed by atoms with E-state index in [0.717, 1.165) is 41.6 Å². The summed E-state index contributed by atoms with van der Waals surface area (Å²) in [6, 6.07) is 11.0. The molecule has 2 aromatic carbocycles. The Balaban J connectivity index is 1.53. The molecular weight excluding hydrogens is 456 g/mol. The van der Waals surface area contributed by atoms with Gasteiger partial charge in [0, 0.05) is 25.3 Å². The fourth-order valence-electron chi connectivity index (χ4n) is 4.12. The van der Waals surface area contributed by atoms with Crippen molar-refractivity contribution in [3.05, 3.63) is 47.5 Å². The summed E-state index contributed by atoms with van der Waals surface area (Å²) in [6.07, 6.45) is 2.87. The summed E-state index contributed by atoms with van der Waals surface area (Å²) in [5.74, 6) is 0.118. The molecule has 0 spiro atoms. The van der Waals surface area contributed by atoms with E-state index in [1.165, 1.54) is 11.8 Å². The van der Waals surface area contributed by atoms with Crippen LogP contribution in [0, 0.1) is 13.8 Å². The summed E-state index contributed by atoms with van der Waals surface area (Å²) >= 11 is 1.36. The molecule has 9 heteroatoms. The molecule has 0 aliphatic carbocycles. The van der Waals surface area contributed by atoms with Crippen molar-refractivity contribution < 1.29 is 13.2 Å². The normalized spacial score (nSPS) is 15.1. The summed E-state index contributed by atoms with van der Waals surface area (Å²) in [5.41, 5.74) is 4.50. The number of carbonyl (C=O) groups excluding carboxylic acids is 1. The van der Waals surface area contributed by atoms with Gasteiger partial charge < -0.3 is 9.88 Å². The van der Waals surface area contributed by atoms with Gasteiger partial charge in [-0.05, 0) is 69.0 Å². The lowest BCUT2D eigenvalue weighted by Gasteiger charge is -2.25. The standard InChI is InChI=1S/C24H30N4O3S2/c1-4-28-22-12-11-19(33(30,31)27-13-6-5-7-14-27)15-21(22)26-24(28)32-16-23(29)25-20-10-8-9-17(2)18(20)3/h8-12,15H,4-7,13-14,16H2,1-3H3,(H,25,29). The number of anilines is 1. The first-order chi connectivity index (χ1) is 15.8. The Morgan fingerprint density at radius 3 is 2.61 bits per heavy atom. The van der Waals surface area contributed by atoms with Gasteiger partial charge in [0.05, 0.1) is 21.7 Å². The molecule has 0 unspecified atom stereocenters. The predicted octanol–water partition coefficient (Wildman–Crippen LogP) is 4.58. The fourth-order valence-corrected chi connectivity index (χ4v) is 6.54. The van der Waals surface area contributed by atoms with Gasteiger partial charge in [-0.3, -0.25) is 4.79 Å². The largest absolute Gasteiger partial charge is 0.325 e. The number of hydrogen-bond donors (Lipinski definition) is 1. The summed E-state index contributed by atoms with van der Waals surface area (Å²) in [4.78, 5) is 17.5. The van der Waals surface area contributed by atoms with Gasteiger partial charge in [0.25, 0.3) is 0 Å². The van der Waals surface area contributed by atoms with E-state index >= 15 is 0 Å². The van der Waals surface area contributed by atoms with E-state index in [2.05, 4.69) is 10.3 Å². The number of nitrogens with zero attached hydrogens (tertiary/aromatic N) is 3. The molecule has 1 amide bonds. The number of aromatic nitrogens is 2. The van der Waals surface area contributed by atoms with E-state index < -0.39 is 10.0 Å². The van der Waals surface area contributed by atoms with Gasteiger partial charge in [-0.15, -0.1) is 0 Å². The molecule has 0 radical (unpaired) electrons. The first kappa shape index (κ1) is 23.8. The van der Waals surface area contributed by atoms with Crippen LogP contribution in [0.2, 0.25) is 0 Å². The number of sulfonamides is 1. The third-order valence-electron chi connectivity index (χ3n) is 6.16. The highest BCUT2D eigenvalue weighted by Crippen LogP contribution is 2.28. The minimum atomic E-state index is -3.52. The molecule has 1 aliphatic heterocycles. The Labute approximate surface area is 199 Å². The highest BCUT2D eigenvalue weighted by atomic mass is 32.2. The highest BCUT2D eigenvalue weighted by molar-refractivity contribution is 7.99. The van der Waals surface area contributed by atoms with Crippen LogP contribution in [0.3, 0.4) is 0 Å². The predicted molar refractivity (Wildman–Crippen MR) is 133 cm³/mol. The van der Waals surface area contributed by atoms with Crippen molar-refractivity contribution in [2.75, 3.05) is 24.2 Å². The van der Waals surface area contributed by atoms with Crippen LogP contribution >= 0.6 is 11.8 Å². The average molecular weight is 487 g/mol. The zero-order chi connectivity index (χ0) is 23.6. The Bertz CT molecular complexity index is 1280. The van der Waals surface area contributed by atoms with Gasteiger partial charge in [0.15, 0.2) is 5.16 Å². The second-order valence-electron chi connectivity index (χ2n) is 8.34. The van der Waals surface area contributed by atoms with E-state index in [1.54, 1.807) is 16.4 Å². The Hall–Kier alpha value is -2.36. The zero-order valence-corrected chi connectivity index (χ0v) is 20.9. The molecule has 4 rings (SSSR count). The summed E-state index contributed by atoms with van der Waals surface area (Å²) in [6.45, 7) is 7.84.